The molecule has 1 fully saturated rings. The lowest BCUT2D eigenvalue weighted by Crippen LogP contribution is -2.34. The van der Waals surface area contributed by atoms with Gasteiger partial charge < -0.3 is 9.64 Å². The molecule has 1 amide bonds. The number of aromatic nitrogens is 3. The van der Waals surface area contributed by atoms with Crippen molar-refractivity contribution in [1.29, 1.82) is 0 Å². The maximum atomic E-state index is 13.1. The second-order valence-corrected chi connectivity index (χ2v) is 7.22. The topological polar surface area (TPSA) is 60.2 Å². The number of fused-ring (bicyclic) bond motifs is 3. The third-order valence-corrected chi connectivity index (χ3v) is 5.64. The number of aryl methyl sites for hydroxylation is 2. The van der Waals surface area contributed by atoms with Gasteiger partial charge in [0.05, 0.1) is 24.4 Å². The summed E-state index contributed by atoms with van der Waals surface area (Å²) >= 11 is 0. The van der Waals surface area contributed by atoms with E-state index in [2.05, 4.69) is 22.2 Å². The molecule has 0 bridgehead atoms. The number of carbonyl (C=O) groups is 1. The predicted octanol–water partition coefficient (Wildman–Crippen LogP) is 2.55. The van der Waals surface area contributed by atoms with Gasteiger partial charge in [0.2, 0.25) is 0 Å². The minimum atomic E-state index is -0.353. The molecule has 26 heavy (non-hydrogen) atoms. The molecule has 2 aliphatic rings. The Hall–Kier alpha value is -2.73. The zero-order valence-corrected chi connectivity index (χ0v) is 14.9. The van der Waals surface area contributed by atoms with Gasteiger partial charge in [-0.1, -0.05) is 24.3 Å². The van der Waals surface area contributed by atoms with Crippen LogP contribution in [0.3, 0.4) is 0 Å². The van der Waals surface area contributed by atoms with Crippen molar-refractivity contribution in [2.75, 3.05) is 13.1 Å². The largest absolute Gasteiger partial charge is 0.364 e. The van der Waals surface area contributed by atoms with Crippen molar-refractivity contribution in [3.63, 3.8) is 0 Å². The standard InChI is InChI=1S/C20H20N4O2/c1-13-16-9-15(10-21-18(16)23(2)22-13)19(25)24-8-7-20(12-24)17-6-4-3-5-14(17)11-26-20/h3-6,9-10H,7-8,11-12H2,1-2H3. The second kappa shape index (κ2) is 5.38. The predicted molar refractivity (Wildman–Crippen MR) is 96.7 cm³/mol. The van der Waals surface area contributed by atoms with E-state index in [1.165, 1.54) is 11.1 Å². The molecule has 0 saturated carbocycles. The average Bonchev–Trinajstić information content (AvgIpc) is 3.33. The van der Waals surface area contributed by atoms with Crippen LogP contribution in [-0.4, -0.2) is 38.7 Å². The first kappa shape index (κ1) is 15.5. The summed E-state index contributed by atoms with van der Waals surface area (Å²) < 4.78 is 7.90. The quantitative estimate of drug-likeness (QED) is 0.678. The molecule has 1 atom stereocenters. The van der Waals surface area contributed by atoms with E-state index in [-0.39, 0.29) is 11.5 Å². The van der Waals surface area contributed by atoms with Crippen LogP contribution in [0.5, 0.6) is 0 Å². The molecule has 132 valence electrons. The summed E-state index contributed by atoms with van der Waals surface area (Å²) in [5, 5.41) is 5.31. The summed E-state index contributed by atoms with van der Waals surface area (Å²) in [7, 11) is 1.86. The molecule has 3 aromatic rings. The van der Waals surface area contributed by atoms with E-state index in [0.717, 1.165) is 23.1 Å². The van der Waals surface area contributed by atoms with Crippen LogP contribution in [0.4, 0.5) is 0 Å². The molecule has 5 rings (SSSR count). The molecule has 4 heterocycles. The third kappa shape index (κ3) is 2.12. The van der Waals surface area contributed by atoms with E-state index in [1.807, 2.05) is 37.1 Å². The molecule has 1 aromatic carbocycles. The summed E-state index contributed by atoms with van der Waals surface area (Å²) in [6.45, 7) is 3.84. The lowest BCUT2D eigenvalue weighted by Gasteiger charge is -2.24. The molecule has 0 aliphatic carbocycles. The van der Waals surface area contributed by atoms with Crippen LogP contribution in [-0.2, 0) is 24.0 Å². The van der Waals surface area contributed by atoms with Gasteiger partial charge in [-0.15, -0.1) is 0 Å². The number of ether oxygens (including phenoxy) is 1. The van der Waals surface area contributed by atoms with Crippen molar-refractivity contribution in [3.05, 3.63) is 58.9 Å². The number of rotatable bonds is 1. The summed E-state index contributed by atoms with van der Waals surface area (Å²) in [5.74, 6) is 0.00695. The first-order valence-corrected chi connectivity index (χ1v) is 8.88. The van der Waals surface area contributed by atoms with Crippen molar-refractivity contribution in [2.45, 2.75) is 25.6 Å². The van der Waals surface area contributed by atoms with Gasteiger partial charge >= 0.3 is 0 Å². The summed E-state index contributed by atoms with van der Waals surface area (Å²) in [6, 6.07) is 10.2. The lowest BCUT2D eigenvalue weighted by molar-refractivity contribution is -0.0283. The molecule has 2 aromatic heterocycles. The van der Waals surface area contributed by atoms with Gasteiger partial charge in [0.25, 0.3) is 5.91 Å². The van der Waals surface area contributed by atoms with Crippen LogP contribution in [0, 0.1) is 6.92 Å². The van der Waals surface area contributed by atoms with Gasteiger partial charge in [0.15, 0.2) is 5.65 Å². The maximum absolute atomic E-state index is 13.1. The van der Waals surface area contributed by atoms with Crippen molar-refractivity contribution < 1.29 is 9.53 Å². The van der Waals surface area contributed by atoms with Crippen molar-refractivity contribution >= 4 is 16.9 Å². The highest BCUT2D eigenvalue weighted by molar-refractivity contribution is 5.97. The fourth-order valence-electron chi connectivity index (χ4n) is 4.28. The SMILES string of the molecule is Cc1nn(C)c2ncc(C(=O)N3CCC4(C3)OCc3ccccc34)cc12. The van der Waals surface area contributed by atoms with Crippen LogP contribution < -0.4 is 0 Å². The van der Waals surface area contributed by atoms with Crippen LogP contribution >= 0.6 is 0 Å². The van der Waals surface area contributed by atoms with E-state index in [1.54, 1.807) is 10.9 Å². The highest BCUT2D eigenvalue weighted by atomic mass is 16.5. The number of nitrogens with zero attached hydrogens (tertiary/aromatic N) is 4. The molecule has 1 saturated heterocycles. The molecule has 1 spiro atoms. The number of likely N-dealkylation sites (tertiary alicyclic amines) is 1. The summed E-state index contributed by atoms with van der Waals surface area (Å²) in [6.07, 6.45) is 2.48. The van der Waals surface area contributed by atoms with Crippen LogP contribution in [0.2, 0.25) is 0 Å². The van der Waals surface area contributed by atoms with Crippen LogP contribution in [0.25, 0.3) is 11.0 Å². The zero-order chi connectivity index (χ0) is 17.9. The van der Waals surface area contributed by atoms with Crippen molar-refractivity contribution in [2.24, 2.45) is 7.05 Å². The van der Waals surface area contributed by atoms with E-state index in [4.69, 9.17) is 4.74 Å². The summed E-state index contributed by atoms with van der Waals surface area (Å²) in [4.78, 5) is 19.4. The Labute approximate surface area is 151 Å². The number of carbonyl (C=O) groups excluding carboxylic acids is 1. The van der Waals surface area contributed by atoms with Gasteiger partial charge in [-0.05, 0) is 30.5 Å². The number of hydrogen-bond donors (Lipinski definition) is 0. The van der Waals surface area contributed by atoms with E-state index < -0.39 is 0 Å². The zero-order valence-electron chi connectivity index (χ0n) is 14.9. The first-order valence-electron chi connectivity index (χ1n) is 8.88. The van der Waals surface area contributed by atoms with Crippen LogP contribution in [0.15, 0.2) is 36.5 Å². The Kier molecular flexibility index (Phi) is 3.21. The number of hydrogen-bond acceptors (Lipinski definition) is 4. The summed E-state index contributed by atoms with van der Waals surface area (Å²) in [5.41, 5.74) is 4.40. The Balaban J connectivity index is 1.45. The fraction of sp³-hybridized carbons (Fsp3) is 0.350. The molecule has 2 aliphatic heterocycles. The average molecular weight is 348 g/mol. The Morgan fingerprint density at radius 1 is 1.31 bits per heavy atom. The number of benzene rings is 1. The Morgan fingerprint density at radius 2 is 2.15 bits per heavy atom. The van der Waals surface area contributed by atoms with E-state index in [0.29, 0.717) is 25.3 Å². The van der Waals surface area contributed by atoms with Gasteiger partial charge in [-0.3, -0.25) is 9.48 Å². The van der Waals surface area contributed by atoms with Crippen molar-refractivity contribution in [1.82, 2.24) is 19.7 Å². The first-order chi connectivity index (χ1) is 12.6. The molecule has 0 radical (unpaired) electrons. The second-order valence-electron chi connectivity index (χ2n) is 7.22. The van der Waals surface area contributed by atoms with Gasteiger partial charge in [-0.25, -0.2) is 4.98 Å². The number of amides is 1. The monoisotopic (exact) mass is 348 g/mol. The van der Waals surface area contributed by atoms with Crippen molar-refractivity contribution in [3.8, 4) is 0 Å². The molecular formula is C20H20N4O2. The molecule has 6 nitrogen and oxygen atoms in total. The molecule has 1 unspecified atom stereocenters. The normalized spacial score (nSPS) is 21.7. The highest BCUT2D eigenvalue weighted by Crippen LogP contribution is 2.43. The van der Waals surface area contributed by atoms with E-state index in [9.17, 15) is 4.79 Å². The minimum absolute atomic E-state index is 0.00695. The van der Waals surface area contributed by atoms with Gasteiger partial charge in [0.1, 0.15) is 5.60 Å². The number of pyridine rings is 1. The Morgan fingerprint density at radius 3 is 3.04 bits per heavy atom. The maximum Gasteiger partial charge on any atom is 0.255 e. The minimum Gasteiger partial charge on any atom is -0.364 e. The molecule has 0 N–H and O–H groups in total. The van der Waals surface area contributed by atoms with E-state index >= 15 is 0 Å². The van der Waals surface area contributed by atoms with Gasteiger partial charge in [-0.2, -0.15) is 5.10 Å². The highest BCUT2D eigenvalue weighted by Gasteiger charge is 2.46. The molecular weight excluding hydrogens is 328 g/mol. The van der Waals surface area contributed by atoms with Crippen LogP contribution in [0.1, 0.15) is 33.6 Å². The third-order valence-electron chi connectivity index (χ3n) is 5.64. The van der Waals surface area contributed by atoms with Gasteiger partial charge in [0, 0.05) is 25.2 Å². The lowest BCUT2D eigenvalue weighted by atomic mass is 9.92. The Bertz CT molecular complexity index is 1040. The smallest absolute Gasteiger partial charge is 0.255 e. The molecule has 6 heteroatoms. The fourth-order valence-corrected chi connectivity index (χ4v) is 4.28.